The van der Waals surface area contributed by atoms with E-state index in [2.05, 4.69) is 85.5 Å². The summed E-state index contributed by atoms with van der Waals surface area (Å²) in [6, 6.07) is 34.5. The predicted molar refractivity (Wildman–Crippen MR) is 137 cm³/mol. The Hall–Kier alpha value is -3.86. The Morgan fingerprint density at radius 1 is 0.562 bits per heavy atom. The molecule has 0 atom stereocenters. The van der Waals surface area contributed by atoms with Gasteiger partial charge in [-0.3, -0.25) is 0 Å². The molecule has 0 unspecified atom stereocenters. The summed E-state index contributed by atoms with van der Waals surface area (Å²) in [5.74, 6) is 5.45. The molecule has 0 amide bonds. The maximum Gasteiger partial charge on any atom is 0.104 e. The molecule has 32 heavy (non-hydrogen) atoms. The van der Waals surface area contributed by atoms with Crippen molar-refractivity contribution in [1.82, 2.24) is 0 Å². The minimum atomic E-state index is -0.0488. The van der Waals surface area contributed by atoms with Gasteiger partial charge in [-0.1, -0.05) is 109 Å². The first-order valence-corrected chi connectivity index (χ1v) is 10.9. The lowest BCUT2D eigenvalue weighted by Crippen LogP contribution is -1.87. The van der Waals surface area contributed by atoms with Gasteiger partial charge in [-0.15, -0.1) is 0 Å². The summed E-state index contributed by atoms with van der Waals surface area (Å²) in [6.45, 7) is 2.15. The Morgan fingerprint density at radius 2 is 1.16 bits per heavy atom. The van der Waals surface area contributed by atoms with Gasteiger partial charge in [-0.25, -0.2) is 0 Å². The molecule has 0 aliphatic rings. The van der Waals surface area contributed by atoms with Crippen LogP contribution in [0.3, 0.4) is 0 Å². The summed E-state index contributed by atoms with van der Waals surface area (Å²) in [6.07, 6.45) is 0.724. The first kappa shape index (κ1) is 20.1. The van der Waals surface area contributed by atoms with E-state index in [1.165, 1.54) is 54.2 Å². The first-order chi connectivity index (χ1) is 15.8. The molecule has 6 rings (SSSR count). The highest BCUT2D eigenvalue weighted by atomic mass is 16.2. The Morgan fingerprint density at radius 3 is 1.84 bits per heavy atom. The molecule has 0 spiro atoms. The number of fused-ring (bicyclic) bond motifs is 2. The third kappa shape index (κ3) is 3.56. The molecular formula is C31H24O. The van der Waals surface area contributed by atoms with E-state index in [4.69, 9.17) is 5.11 Å². The van der Waals surface area contributed by atoms with Crippen molar-refractivity contribution in [3.05, 3.63) is 108 Å². The summed E-state index contributed by atoms with van der Waals surface area (Å²) in [7, 11) is 0. The highest BCUT2D eigenvalue weighted by molar-refractivity contribution is 6.33. The van der Waals surface area contributed by atoms with Gasteiger partial charge in [0.2, 0.25) is 0 Å². The molecule has 0 bridgehead atoms. The zero-order valence-electron chi connectivity index (χ0n) is 18.1. The van der Waals surface area contributed by atoms with Gasteiger partial charge >= 0.3 is 0 Å². The Kier molecular flexibility index (Phi) is 5.46. The van der Waals surface area contributed by atoms with Crippen molar-refractivity contribution in [3.63, 3.8) is 0 Å². The van der Waals surface area contributed by atoms with Crippen LogP contribution >= 0.6 is 0 Å². The van der Waals surface area contributed by atoms with E-state index in [0.717, 1.165) is 6.42 Å². The number of hydrogen-bond donors (Lipinski definition) is 1. The second-order valence-corrected chi connectivity index (χ2v) is 8.04. The maximum absolute atomic E-state index is 8.37. The predicted octanol–water partition coefficient (Wildman–Crippen LogP) is 7.27. The summed E-state index contributed by atoms with van der Waals surface area (Å²) in [5.41, 5.74) is 2.54. The van der Waals surface area contributed by atoms with Crippen LogP contribution in [0.4, 0.5) is 0 Å². The lowest BCUT2D eigenvalue weighted by molar-refractivity contribution is 0.350. The van der Waals surface area contributed by atoms with Crippen molar-refractivity contribution in [2.75, 3.05) is 6.61 Å². The molecule has 6 aromatic rings. The number of hydrogen-bond acceptors (Lipinski definition) is 1. The molecule has 6 aromatic carbocycles. The number of benzene rings is 6. The normalized spacial score (nSPS) is 10.8. The van der Waals surface area contributed by atoms with Crippen LogP contribution in [0.25, 0.3) is 43.1 Å². The van der Waals surface area contributed by atoms with Crippen LogP contribution in [0.5, 0.6) is 0 Å². The van der Waals surface area contributed by atoms with Gasteiger partial charge in [0.25, 0.3) is 0 Å². The Bertz CT molecular complexity index is 1530. The summed E-state index contributed by atoms with van der Waals surface area (Å²) in [4.78, 5) is 0. The minimum Gasteiger partial charge on any atom is -0.384 e. The highest BCUT2D eigenvalue weighted by Crippen LogP contribution is 2.40. The number of rotatable bonds is 1. The van der Waals surface area contributed by atoms with Crippen LogP contribution in [0.2, 0.25) is 0 Å². The summed E-state index contributed by atoms with van der Waals surface area (Å²) in [5, 5.41) is 19.3. The first-order valence-electron chi connectivity index (χ1n) is 10.9. The van der Waals surface area contributed by atoms with E-state index in [0.29, 0.717) is 0 Å². The third-order valence-corrected chi connectivity index (χ3v) is 6.08. The maximum atomic E-state index is 8.37. The molecule has 0 radical (unpaired) electrons. The molecule has 1 N–H and O–H groups in total. The van der Waals surface area contributed by atoms with Crippen LogP contribution in [0.15, 0.2) is 97.1 Å². The molecule has 0 aliphatic carbocycles. The summed E-state index contributed by atoms with van der Waals surface area (Å²) >= 11 is 0. The number of aryl methyl sites for hydroxylation is 1. The fourth-order valence-electron chi connectivity index (χ4n) is 4.61. The minimum absolute atomic E-state index is 0.0488. The van der Waals surface area contributed by atoms with Gasteiger partial charge in [-0.2, -0.15) is 0 Å². The van der Waals surface area contributed by atoms with Crippen LogP contribution < -0.4 is 0 Å². The van der Waals surface area contributed by atoms with Gasteiger partial charge in [0, 0.05) is 6.42 Å². The molecule has 0 saturated heterocycles. The van der Waals surface area contributed by atoms with Gasteiger partial charge in [0.05, 0.1) is 0 Å². The molecule has 1 nitrogen and oxygen atoms in total. The average molecular weight is 413 g/mol. The second kappa shape index (κ2) is 8.71. The SMILES string of the molecule is Cc1ccc2c3cccc4cccc(c5cccc1c52)c43.OCC#CCc1ccccc1. The zero-order valence-corrected chi connectivity index (χ0v) is 18.1. The molecule has 0 saturated carbocycles. The molecule has 0 aromatic heterocycles. The van der Waals surface area contributed by atoms with Gasteiger partial charge in [-0.05, 0) is 61.1 Å². The van der Waals surface area contributed by atoms with Crippen molar-refractivity contribution in [1.29, 1.82) is 0 Å². The second-order valence-electron chi connectivity index (χ2n) is 8.04. The topological polar surface area (TPSA) is 20.2 Å². The molecule has 154 valence electrons. The number of aliphatic hydroxyl groups excluding tert-OH is 1. The van der Waals surface area contributed by atoms with Crippen LogP contribution in [-0.4, -0.2) is 11.7 Å². The lowest BCUT2D eigenvalue weighted by Gasteiger charge is -2.15. The van der Waals surface area contributed by atoms with Crippen molar-refractivity contribution >= 4 is 43.1 Å². The Balaban J connectivity index is 0.000000168. The van der Waals surface area contributed by atoms with Crippen LogP contribution in [0.1, 0.15) is 11.1 Å². The Labute approximate surface area is 188 Å². The van der Waals surface area contributed by atoms with E-state index in [9.17, 15) is 0 Å². The van der Waals surface area contributed by atoms with E-state index >= 15 is 0 Å². The standard InChI is InChI=1S/C21H14.C10H10O/c1-13-11-12-19-17-9-3-6-14-5-2-8-16(20(14)17)18-10-4-7-15(13)21(18)19;11-9-5-4-8-10-6-2-1-3-7-10/h2-12H,1H3;1-3,6-7,11H,8-9H2. The van der Waals surface area contributed by atoms with Gasteiger partial charge < -0.3 is 5.11 Å². The van der Waals surface area contributed by atoms with Crippen LogP contribution in [0, 0.1) is 18.8 Å². The zero-order chi connectivity index (χ0) is 21.9. The van der Waals surface area contributed by atoms with Gasteiger partial charge in [0.1, 0.15) is 6.61 Å². The molecule has 0 aliphatic heterocycles. The number of aliphatic hydroxyl groups is 1. The largest absolute Gasteiger partial charge is 0.384 e. The van der Waals surface area contributed by atoms with E-state index in [1.54, 1.807) is 0 Å². The summed E-state index contributed by atoms with van der Waals surface area (Å²) < 4.78 is 0. The van der Waals surface area contributed by atoms with Crippen molar-refractivity contribution in [2.45, 2.75) is 13.3 Å². The average Bonchev–Trinajstić information content (AvgIpc) is 2.85. The van der Waals surface area contributed by atoms with E-state index in [-0.39, 0.29) is 6.61 Å². The molecule has 1 heteroatoms. The smallest absolute Gasteiger partial charge is 0.104 e. The molecule has 0 heterocycles. The quantitative estimate of drug-likeness (QED) is 0.171. The van der Waals surface area contributed by atoms with E-state index in [1.807, 2.05) is 30.3 Å². The van der Waals surface area contributed by atoms with E-state index < -0.39 is 0 Å². The molecular weight excluding hydrogens is 388 g/mol. The van der Waals surface area contributed by atoms with Gasteiger partial charge in [0.15, 0.2) is 0 Å². The highest BCUT2D eigenvalue weighted by Gasteiger charge is 2.12. The monoisotopic (exact) mass is 412 g/mol. The fraction of sp³-hybridized carbons (Fsp3) is 0.0968. The fourth-order valence-corrected chi connectivity index (χ4v) is 4.61. The van der Waals surface area contributed by atoms with Crippen molar-refractivity contribution in [3.8, 4) is 11.8 Å². The lowest BCUT2D eigenvalue weighted by atomic mass is 9.89. The van der Waals surface area contributed by atoms with Crippen LogP contribution in [-0.2, 0) is 6.42 Å². The molecule has 0 fully saturated rings. The van der Waals surface area contributed by atoms with Crippen molar-refractivity contribution < 1.29 is 5.11 Å². The third-order valence-electron chi connectivity index (χ3n) is 6.08. The van der Waals surface area contributed by atoms with Crippen molar-refractivity contribution in [2.24, 2.45) is 0 Å².